The molecule has 0 saturated heterocycles. The van der Waals surface area contributed by atoms with Crippen LogP contribution in [-0.2, 0) is 14.9 Å². The van der Waals surface area contributed by atoms with Crippen molar-refractivity contribution in [3.8, 4) is 11.3 Å². The van der Waals surface area contributed by atoms with Gasteiger partial charge in [-0.05, 0) is 20.3 Å². The van der Waals surface area contributed by atoms with E-state index in [2.05, 4.69) is 9.97 Å². The van der Waals surface area contributed by atoms with Gasteiger partial charge in [0.2, 0.25) is 0 Å². The lowest BCUT2D eigenvalue weighted by molar-refractivity contribution is -0.149. The highest BCUT2D eigenvalue weighted by atomic mass is 16.5. The lowest BCUT2D eigenvalue weighted by atomic mass is 9.84. The van der Waals surface area contributed by atoms with Crippen molar-refractivity contribution in [3.63, 3.8) is 0 Å². The zero-order chi connectivity index (χ0) is 15.3. The van der Waals surface area contributed by atoms with Crippen LogP contribution in [0.3, 0.4) is 0 Å². The van der Waals surface area contributed by atoms with Gasteiger partial charge < -0.3 is 4.74 Å². The standard InChI is InChI=1S/C17H20N2O2/c1-4-17(3,16(20)21-5-2)15-12-18-14(11-19-15)13-9-7-6-8-10-13/h6-12H,4-5H2,1-3H3. The molecule has 0 saturated carbocycles. The van der Waals surface area contributed by atoms with Gasteiger partial charge in [-0.15, -0.1) is 0 Å². The molecule has 2 aromatic rings. The number of carbonyl (C=O) groups is 1. The molecule has 0 aliphatic carbocycles. The molecule has 2 rings (SSSR count). The average molecular weight is 284 g/mol. The zero-order valence-electron chi connectivity index (χ0n) is 12.7. The predicted octanol–water partition coefficient (Wildman–Crippen LogP) is 3.37. The van der Waals surface area contributed by atoms with Crippen molar-refractivity contribution in [2.75, 3.05) is 6.61 Å². The predicted molar refractivity (Wildman–Crippen MR) is 81.7 cm³/mol. The number of ether oxygens (including phenoxy) is 1. The van der Waals surface area contributed by atoms with Crippen LogP contribution in [0.25, 0.3) is 11.3 Å². The minimum Gasteiger partial charge on any atom is -0.465 e. The molecule has 4 heteroatoms. The second-order valence-electron chi connectivity index (χ2n) is 5.06. The van der Waals surface area contributed by atoms with Crippen molar-refractivity contribution >= 4 is 5.97 Å². The summed E-state index contributed by atoms with van der Waals surface area (Å²) < 4.78 is 5.16. The van der Waals surface area contributed by atoms with Crippen LogP contribution in [0.1, 0.15) is 32.9 Å². The SMILES string of the molecule is CCOC(=O)C(C)(CC)c1cnc(-c2ccccc2)cn1. The molecule has 1 aromatic heterocycles. The first-order valence-electron chi connectivity index (χ1n) is 7.17. The molecule has 0 bridgehead atoms. The molecule has 0 fully saturated rings. The number of aromatic nitrogens is 2. The molecule has 1 heterocycles. The molecule has 1 aromatic carbocycles. The molecule has 0 aliphatic heterocycles. The maximum Gasteiger partial charge on any atom is 0.317 e. The van der Waals surface area contributed by atoms with E-state index in [1.54, 1.807) is 19.3 Å². The van der Waals surface area contributed by atoms with E-state index in [0.717, 1.165) is 11.3 Å². The maximum atomic E-state index is 12.2. The summed E-state index contributed by atoms with van der Waals surface area (Å²) in [4.78, 5) is 21.0. The van der Waals surface area contributed by atoms with Crippen molar-refractivity contribution in [2.45, 2.75) is 32.6 Å². The average Bonchev–Trinajstić information content (AvgIpc) is 2.55. The molecule has 0 amide bonds. The Morgan fingerprint density at radius 2 is 1.86 bits per heavy atom. The van der Waals surface area contributed by atoms with E-state index in [1.807, 2.05) is 44.2 Å². The molecular formula is C17H20N2O2. The van der Waals surface area contributed by atoms with Gasteiger partial charge in [0.25, 0.3) is 0 Å². The number of nitrogens with zero attached hydrogens (tertiary/aromatic N) is 2. The third-order valence-electron chi connectivity index (χ3n) is 3.72. The Hall–Kier alpha value is -2.23. The van der Waals surface area contributed by atoms with E-state index in [4.69, 9.17) is 4.74 Å². The number of hydrogen-bond donors (Lipinski definition) is 0. The molecule has 21 heavy (non-hydrogen) atoms. The number of carbonyl (C=O) groups excluding carboxylic acids is 1. The monoisotopic (exact) mass is 284 g/mol. The highest BCUT2D eigenvalue weighted by Crippen LogP contribution is 2.28. The Morgan fingerprint density at radius 1 is 1.14 bits per heavy atom. The van der Waals surface area contributed by atoms with E-state index in [1.165, 1.54) is 0 Å². The highest BCUT2D eigenvalue weighted by Gasteiger charge is 2.36. The fourth-order valence-corrected chi connectivity index (χ4v) is 2.09. The van der Waals surface area contributed by atoms with E-state index in [-0.39, 0.29) is 5.97 Å². The van der Waals surface area contributed by atoms with Gasteiger partial charge in [0.1, 0.15) is 5.41 Å². The van der Waals surface area contributed by atoms with Crippen LogP contribution in [0, 0.1) is 0 Å². The lowest BCUT2D eigenvalue weighted by Crippen LogP contribution is -2.34. The molecule has 4 nitrogen and oxygen atoms in total. The largest absolute Gasteiger partial charge is 0.465 e. The molecular weight excluding hydrogens is 264 g/mol. The second-order valence-corrected chi connectivity index (χ2v) is 5.06. The van der Waals surface area contributed by atoms with E-state index < -0.39 is 5.41 Å². The van der Waals surface area contributed by atoms with E-state index in [9.17, 15) is 4.79 Å². The Kier molecular flexibility index (Phi) is 4.68. The molecule has 110 valence electrons. The number of benzene rings is 1. The van der Waals surface area contributed by atoms with Gasteiger partial charge in [0.05, 0.1) is 30.4 Å². The van der Waals surface area contributed by atoms with Crippen molar-refractivity contribution in [1.82, 2.24) is 9.97 Å². The third-order valence-corrected chi connectivity index (χ3v) is 3.72. The van der Waals surface area contributed by atoms with Crippen LogP contribution < -0.4 is 0 Å². The Labute approximate surface area is 125 Å². The van der Waals surface area contributed by atoms with Crippen LogP contribution in [0.2, 0.25) is 0 Å². The Bertz CT molecular complexity index is 596. The topological polar surface area (TPSA) is 52.1 Å². The normalized spacial score (nSPS) is 13.5. The van der Waals surface area contributed by atoms with Gasteiger partial charge in [-0.25, -0.2) is 0 Å². The lowest BCUT2D eigenvalue weighted by Gasteiger charge is -2.24. The fraction of sp³-hybridized carbons (Fsp3) is 0.353. The number of rotatable bonds is 5. The summed E-state index contributed by atoms with van der Waals surface area (Å²) in [6, 6.07) is 9.84. The first-order valence-corrected chi connectivity index (χ1v) is 7.17. The summed E-state index contributed by atoms with van der Waals surface area (Å²) in [6.07, 6.45) is 3.99. The van der Waals surface area contributed by atoms with Crippen molar-refractivity contribution in [2.24, 2.45) is 0 Å². The molecule has 0 aliphatic rings. The second kappa shape index (κ2) is 6.48. The fourth-order valence-electron chi connectivity index (χ4n) is 2.09. The van der Waals surface area contributed by atoms with Gasteiger partial charge >= 0.3 is 5.97 Å². The van der Waals surface area contributed by atoms with Crippen molar-refractivity contribution in [1.29, 1.82) is 0 Å². The summed E-state index contributed by atoms with van der Waals surface area (Å²) in [5, 5.41) is 0. The van der Waals surface area contributed by atoms with E-state index >= 15 is 0 Å². The zero-order valence-corrected chi connectivity index (χ0v) is 12.7. The molecule has 1 unspecified atom stereocenters. The summed E-state index contributed by atoms with van der Waals surface area (Å²) in [5.41, 5.74) is 1.69. The summed E-state index contributed by atoms with van der Waals surface area (Å²) in [6.45, 7) is 5.96. The first kappa shape index (κ1) is 15.2. The van der Waals surface area contributed by atoms with Crippen LogP contribution in [-0.4, -0.2) is 22.5 Å². The summed E-state index contributed by atoms with van der Waals surface area (Å²) >= 11 is 0. The molecule has 0 N–H and O–H groups in total. The molecule has 1 atom stereocenters. The van der Waals surface area contributed by atoms with Crippen molar-refractivity contribution in [3.05, 3.63) is 48.4 Å². The van der Waals surface area contributed by atoms with Gasteiger partial charge in [0.15, 0.2) is 0 Å². The number of esters is 1. The van der Waals surface area contributed by atoms with Crippen LogP contribution in [0.4, 0.5) is 0 Å². The summed E-state index contributed by atoms with van der Waals surface area (Å²) in [5.74, 6) is -0.255. The molecule has 0 spiro atoms. The Morgan fingerprint density at radius 3 is 2.38 bits per heavy atom. The van der Waals surface area contributed by atoms with Crippen molar-refractivity contribution < 1.29 is 9.53 Å². The van der Waals surface area contributed by atoms with Crippen LogP contribution in [0.5, 0.6) is 0 Å². The minimum atomic E-state index is -0.752. The maximum absolute atomic E-state index is 12.2. The Balaban J connectivity index is 2.31. The van der Waals surface area contributed by atoms with E-state index in [0.29, 0.717) is 18.7 Å². The minimum absolute atomic E-state index is 0.255. The third kappa shape index (κ3) is 3.10. The van der Waals surface area contributed by atoms with Gasteiger partial charge in [-0.3, -0.25) is 14.8 Å². The first-order chi connectivity index (χ1) is 10.1. The molecule has 0 radical (unpaired) electrons. The van der Waals surface area contributed by atoms with Crippen LogP contribution >= 0.6 is 0 Å². The van der Waals surface area contributed by atoms with Crippen LogP contribution in [0.15, 0.2) is 42.7 Å². The number of hydrogen-bond acceptors (Lipinski definition) is 4. The van der Waals surface area contributed by atoms with Gasteiger partial charge in [0, 0.05) is 5.56 Å². The smallest absolute Gasteiger partial charge is 0.317 e. The summed E-state index contributed by atoms with van der Waals surface area (Å²) in [7, 11) is 0. The highest BCUT2D eigenvalue weighted by molar-refractivity contribution is 5.82. The van der Waals surface area contributed by atoms with Gasteiger partial charge in [-0.1, -0.05) is 37.3 Å². The quantitative estimate of drug-likeness (QED) is 0.790. The van der Waals surface area contributed by atoms with Gasteiger partial charge in [-0.2, -0.15) is 0 Å².